The van der Waals surface area contributed by atoms with E-state index in [4.69, 9.17) is 0 Å². The molecule has 2 amide bonds. The van der Waals surface area contributed by atoms with Crippen LogP contribution in [-0.2, 0) is 6.42 Å². The summed E-state index contributed by atoms with van der Waals surface area (Å²) in [6.07, 6.45) is 3.17. The summed E-state index contributed by atoms with van der Waals surface area (Å²) >= 11 is 0. The van der Waals surface area contributed by atoms with Crippen LogP contribution >= 0.6 is 0 Å². The second-order valence-corrected chi connectivity index (χ2v) is 7.32. The van der Waals surface area contributed by atoms with E-state index in [-0.39, 0.29) is 6.03 Å². The van der Waals surface area contributed by atoms with Gasteiger partial charge >= 0.3 is 6.03 Å². The molecule has 1 aliphatic carbocycles. The smallest absolute Gasteiger partial charge is 0.321 e. The van der Waals surface area contributed by atoms with Crippen molar-refractivity contribution in [1.29, 1.82) is 0 Å². The molecule has 1 heterocycles. The fourth-order valence-electron chi connectivity index (χ4n) is 4.14. The van der Waals surface area contributed by atoms with Gasteiger partial charge in [-0.2, -0.15) is 0 Å². The molecule has 0 radical (unpaired) electrons. The first-order valence-electron chi connectivity index (χ1n) is 9.74. The maximum atomic E-state index is 12.7. The van der Waals surface area contributed by atoms with Crippen molar-refractivity contribution in [3.8, 4) is 11.1 Å². The van der Waals surface area contributed by atoms with Gasteiger partial charge in [-0.3, -0.25) is 0 Å². The molecular weight excluding hydrogens is 322 g/mol. The van der Waals surface area contributed by atoms with Crippen LogP contribution in [0.5, 0.6) is 0 Å². The van der Waals surface area contributed by atoms with Gasteiger partial charge in [0, 0.05) is 25.3 Å². The van der Waals surface area contributed by atoms with Crippen LogP contribution in [0.25, 0.3) is 11.1 Å². The first kappa shape index (κ1) is 17.1. The number of hydrogen-bond acceptors (Lipinski definition) is 2. The SMILES string of the molecule is CCCN1CCCN(C(=O)Nc2ccc3c(c2)Cc2ccccc2-3)CC1. The topological polar surface area (TPSA) is 35.6 Å². The molecule has 136 valence electrons. The van der Waals surface area contributed by atoms with E-state index in [0.717, 1.165) is 51.3 Å². The molecule has 2 aliphatic rings. The predicted molar refractivity (Wildman–Crippen MR) is 107 cm³/mol. The second-order valence-electron chi connectivity index (χ2n) is 7.32. The summed E-state index contributed by atoms with van der Waals surface area (Å²) < 4.78 is 0. The predicted octanol–water partition coefficient (Wildman–Crippen LogP) is 4.21. The lowest BCUT2D eigenvalue weighted by molar-refractivity contribution is 0.211. The van der Waals surface area contributed by atoms with Gasteiger partial charge in [0.15, 0.2) is 0 Å². The lowest BCUT2D eigenvalue weighted by Crippen LogP contribution is -2.38. The summed E-state index contributed by atoms with van der Waals surface area (Å²) in [4.78, 5) is 17.1. The monoisotopic (exact) mass is 349 g/mol. The summed E-state index contributed by atoms with van der Waals surface area (Å²) in [7, 11) is 0. The average molecular weight is 349 g/mol. The Morgan fingerprint density at radius 3 is 2.73 bits per heavy atom. The lowest BCUT2D eigenvalue weighted by Gasteiger charge is -2.22. The maximum absolute atomic E-state index is 12.7. The first-order valence-corrected chi connectivity index (χ1v) is 9.74. The Morgan fingerprint density at radius 1 is 1.00 bits per heavy atom. The van der Waals surface area contributed by atoms with Gasteiger partial charge in [-0.05, 0) is 66.7 Å². The first-order chi connectivity index (χ1) is 12.7. The average Bonchev–Trinajstić information content (AvgIpc) is 2.84. The van der Waals surface area contributed by atoms with Crippen molar-refractivity contribution in [2.24, 2.45) is 0 Å². The highest BCUT2D eigenvalue weighted by atomic mass is 16.2. The molecule has 0 spiro atoms. The summed E-state index contributed by atoms with van der Waals surface area (Å²) in [5.74, 6) is 0. The Balaban J connectivity index is 1.42. The number of carbonyl (C=O) groups is 1. The minimum absolute atomic E-state index is 0.0267. The van der Waals surface area contributed by atoms with Crippen LogP contribution in [0, 0.1) is 0 Å². The Morgan fingerprint density at radius 2 is 1.85 bits per heavy atom. The Kier molecular flexibility index (Phi) is 4.93. The summed E-state index contributed by atoms with van der Waals surface area (Å²) in [6.45, 7) is 7.04. The van der Waals surface area contributed by atoms with Crippen LogP contribution in [0.2, 0.25) is 0 Å². The van der Waals surface area contributed by atoms with Gasteiger partial charge in [-0.1, -0.05) is 37.3 Å². The summed E-state index contributed by atoms with van der Waals surface area (Å²) in [6, 6.07) is 14.9. The number of urea groups is 1. The van der Waals surface area contributed by atoms with E-state index in [1.165, 1.54) is 28.7 Å². The Labute approximate surface area is 155 Å². The molecule has 1 fully saturated rings. The standard InChI is InChI=1S/C22H27N3O/c1-2-10-24-11-5-12-25(14-13-24)22(26)23-19-8-9-21-18(16-19)15-17-6-3-4-7-20(17)21/h3-4,6-9,16H,2,5,10-15H2,1H3,(H,23,26). The number of rotatable bonds is 3. The zero-order valence-electron chi connectivity index (χ0n) is 15.5. The minimum Gasteiger partial charge on any atom is -0.323 e. The van der Waals surface area contributed by atoms with Crippen molar-refractivity contribution in [2.75, 3.05) is 38.0 Å². The molecule has 26 heavy (non-hydrogen) atoms. The van der Waals surface area contributed by atoms with Crippen LogP contribution in [0.1, 0.15) is 30.9 Å². The van der Waals surface area contributed by atoms with Crippen molar-refractivity contribution < 1.29 is 4.79 Å². The zero-order chi connectivity index (χ0) is 17.9. The number of nitrogens with zero attached hydrogens (tertiary/aromatic N) is 2. The van der Waals surface area contributed by atoms with Crippen molar-refractivity contribution in [1.82, 2.24) is 9.80 Å². The van der Waals surface area contributed by atoms with Gasteiger partial charge in [0.1, 0.15) is 0 Å². The van der Waals surface area contributed by atoms with Gasteiger partial charge in [0.25, 0.3) is 0 Å². The minimum atomic E-state index is 0.0267. The van der Waals surface area contributed by atoms with E-state index in [9.17, 15) is 4.79 Å². The number of anilines is 1. The highest BCUT2D eigenvalue weighted by Crippen LogP contribution is 2.37. The van der Waals surface area contributed by atoms with Crippen LogP contribution in [0.3, 0.4) is 0 Å². The summed E-state index contributed by atoms with van der Waals surface area (Å²) in [5, 5.41) is 3.11. The lowest BCUT2D eigenvalue weighted by atomic mass is 10.1. The van der Waals surface area contributed by atoms with E-state index >= 15 is 0 Å². The van der Waals surface area contributed by atoms with Crippen LogP contribution in [0.4, 0.5) is 10.5 Å². The van der Waals surface area contributed by atoms with E-state index < -0.39 is 0 Å². The third-order valence-electron chi connectivity index (χ3n) is 5.46. The molecule has 4 rings (SSSR count). The molecule has 0 bridgehead atoms. The number of carbonyl (C=O) groups excluding carboxylic acids is 1. The molecule has 4 nitrogen and oxygen atoms in total. The van der Waals surface area contributed by atoms with Crippen LogP contribution < -0.4 is 5.32 Å². The molecule has 1 aliphatic heterocycles. The Hall–Kier alpha value is -2.33. The fourth-order valence-corrected chi connectivity index (χ4v) is 4.14. The van der Waals surface area contributed by atoms with E-state index in [0.29, 0.717) is 0 Å². The largest absolute Gasteiger partial charge is 0.323 e. The number of nitrogens with one attached hydrogen (secondary N) is 1. The van der Waals surface area contributed by atoms with Gasteiger partial charge in [0.2, 0.25) is 0 Å². The maximum Gasteiger partial charge on any atom is 0.321 e. The van der Waals surface area contributed by atoms with E-state index in [1.54, 1.807) is 0 Å². The number of hydrogen-bond donors (Lipinski definition) is 1. The third kappa shape index (κ3) is 3.47. The molecule has 0 aromatic heterocycles. The van der Waals surface area contributed by atoms with E-state index in [2.05, 4.69) is 53.5 Å². The van der Waals surface area contributed by atoms with Gasteiger partial charge < -0.3 is 15.1 Å². The normalized spacial score (nSPS) is 16.7. The fraction of sp³-hybridized carbons (Fsp3) is 0.409. The van der Waals surface area contributed by atoms with Gasteiger partial charge in [-0.25, -0.2) is 4.79 Å². The molecule has 1 saturated heterocycles. The molecule has 0 saturated carbocycles. The number of benzene rings is 2. The van der Waals surface area contributed by atoms with Crippen molar-refractivity contribution in [3.63, 3.8) is 0 Å². The molecule has 1 N–H and O–H groups in total. The van der Waals surface area contributed by atoms with Gasteiger partial charge in [0.05, 0.1) is 0 Å². The molecule has 2 aromatic rings. The quantitative estimate of drug-likeness (QED) is 0.769. The van der Waals surface area contributed by atoms with E-state index in [1.807, 2.05) is 11.0 Å². The molecule has 0 unspecified atom stereocenters. The summed E-state index contributed by atoms with van der Waals surface area (Å²) in [5.41, 5.74) is 6.19. The van der Waals surface area contributed by atoms with Crippen LogP contribution in [0.15, 0.2) is 42.5 Å². The highest BCUT2D eigenvalue weighted by Gasteiger charge is 2.21. The Bertz CT molecular complexity index is 802. The van der Waals surface area contributed by atoms with Crippen LogP contribution in [-0.4, -0.2) is 48.6 Å². The molecule has 0 atom stereocenters. The molecular formula is C22H27N3O. The second kappa shape index (κ2) is 7.50. The molecule has 4 heteroatoms. The van der Waals surface area contributed by atoms with Crippen molar-refractivity contribution >= 4 is 11.7 Å². The zero-order valence-corrected chi connectivity index (χ0v) is 15.5. The number of fused-ring (bicyclic) bond motifs is 3. The molecule has 2 aromatic carbocycles. The van der Waals surface area contributed by atoms with Gasteiger partial charge in [-0.15, -0.1) is 0 Å². The highest BCUT2D eigenvalue weighted by molar-refractivity contribution is 5.90. The third-order valence-corrected chi connectivity index (χ3v) is 5.46. The van der Waals surface area contributed by atoms with Crippen molar-refractivity contribution in [3.05, 3.63) is 53.6 Å². The number of amides is 2. The van der Waals surface area contributed by atoms with Crippen molar-refractivity contribution in [2.45, 2.75) is 26.2 Å².